The van der Waals surface area contributed by atoms with Crippen molar-refractivity contribution in [2.75, 3.05) is 0 Å². The summed E-state index contributed by atoms with van der Waals surface area (Å²) in [4.78, 5) is 11.6. The summed E-state index contributed by atoms with van der Waals surface area (Å²) >= 11 is 0. The zero-order valence-electron chi connectivity index (χ0n) is 8.14. The van der Waals surface area contributed by atoms with Crippen molar-refractivity contribution in [1.82, 2.24) is 24.9 Å². The third kappa shape index (κ3) is 1.01. The first-order valence-electron chi connectivity index (χ1n) is 4.61. The molecule has 0 radical (unpaired) electrons. The SMILES string of the molecule is Cn1nccc1-n1ncc2c1C(=O)NC2. The fourth-order valence-corrected chi connectivity index (χ4v) is 1.76. The monoisotopic (exact) mass is 203 g/mol. The maximum atomic E-state index is 11.6. The Morgan fingerprint density at radius 3 is 3.07 bits per heavy atom. The van der Waals surface area contributed by atoms with Crippen LogP contribution >= 0.6 is 0 Å². The highest BCUT2D eigenvalue weighted by Crippen LogP contribution is 2.18. The molecule has 1 aliphatic rings. The van der Waals surface area contributed by atoms with Crippen molar-refractivity contribution in [2.24, 2.45) is 7.05 Å². The van der Waals surface area contributed by atoms with E-state index in [2.05, 4.69) is 15.5 Å². The van der Waals surface area contributed by atoms with Gasteiger partial charge in [-0.05, 0) is 0 Å². The lowest BCUT2D eigenvalue weighted by Crippen LogP contribution is -2.18. The standard InChI is InChI=1S/C9H9N5O/c1-13-7(2-3-11-13)14-8-6(5-12-14)4-10-9(8)15/h2-3,5H,4H2,1H3,(H,10,15). The van der Waals surface area contributed by atoms with Crippen LogP contribution in [0.1, 0.15) is 16.1 Å². The first kappa shape index (κ1) is 8.22. The van der Waals surface area contributed by atoms with Crippen LogP contribution in [0.25, 0.3) is 5.82 Å². The van der Waals surface area contributed by atoms with Crippen LogP contribution in [0.4, 0.5) is 0 Å². The molecule has 2 aromatic heterocycles. The van der Waals surface area contributed by atoms with Crippen LogP contribution in [0.3, 0.4) is 0 Å². The van der Waals surface area contributed by atoms with E-state index in [9.17, 15) is 4.79 Å². The van der Waals surface area contributed by atoms with Gasteiger partial charge >= 0.3 is 0 Å². The molecule has 0 saturated heterocycles. The molecule has 15 heavy (non-hydrogen) atoms. The Morgan fingerprint density at radius 1 is 1.47 bits per heavy atom. The molecule has 3 heterocycles. The molecule has 0 aromatic carbocycles. The number of rotatable bonds is 1. The van der Waals surface area contributed by atoms with E-state index in [1.165, 1.54) is 0 Å². The van der Waals surface area contributed by atoms with Gasteiger partial charge in [0.1, 0.15) is 5.69 Å². The largest absolute Gasteiger partial charge is 0.346 e. The average molecular weight is 203 g/mol. The topological polar surface area (TPSA) is 64.7 Å². The maximum Gasteiger partial charge on any atom is 0.270 e. The molecule has 0 spiro atoms. The summed E-state index contributed by atoms with van der Waals surface area (Å²) in [6.07, 6.45) is 3.39. The molecule has 76 valence electrons. The molecular weight excluding hydrogens is 194 g/mol. The summed E-state index contributed by atoms with van der Waals surface area (Å²) in [6, 6.07) is 1.82. The molecular formula is C9H9N5O. The van der Waals surface area contributed by atoms with Crippen molar-refractivity contribution >= 4 is 5.91 Å². The van der Waals surface area contributed by atoms with Crippen LogP contribution in [0.2, 0.25) is 0 Å². The molecule has 1 amide bonds. The lowest BCUT2D eigenvalue weighted by Gasteiger charge is -2.03. The Bertz CT molecular complexity index is 538. The highest BCUT2D eigenvalue weighted by Gasteiger charge is 2.25. The van der Waals surface area contributed by atoms with Gasteiger partial charge in [0.25, 0.3) is 5.91 Å². The molecule has 0 fully saturated rings. The van der Waals surface area contributed by atoms with Crippen LogP contribution in [0.5, 0.6) is 0 Å². The van der Waals surface area contributed by atoms with Gasteiger partial charge in [-0.25, -0.2) is 4.68 Å². The molecule has 0 unspecified atom stereocenters. The van der Waals surface area contributed by atoms with Crippen LogP contribution in [-0.2, 0) is 13.6 Å². The van der Waals surface area contributed by atoms with E-state index in [1.807, 2.05) is 13.1 Å². The van der Waals surface area contributed by atoms with Gasteiger partial charge in [-0.3, -0.25) is 9.48 Å². The quantitative estimate of drug-likeness (QED) is 0.701. The zero-order valence-corrected chi connectivity index (χ0v) is 8.14. The minimum Gasteiger partial charge on any atom is -0.346 e. The second-order valence-corrected chi connectivity index (χ2v) is 3.43. The smallest absolute Gasteiger partial charge is 0.270 e. The van der Waals surface area contributed by atoms with E-state index in [1.54, 1.807) is 21.8 Å². The van der Waals surface area contributed by atoms with Crippen LogP contribution in [0.15, 0.2) is 18.5 Å². The predicted octanol–water partition coefficient (Wildman–Crippen LogP) is -0.151. The molecule has 1 N–H and O–H groups in total. The second-order valence-electron chi connectivity index (χ2n) is 3.43. The Morgan fingerprint density at radius 2 is 2.33 bits per heavy atom. The number of nitrogens with zero attached hydrogens (tertiary/aromatic N) is 4. The van der Waals surface area contributed by atoms with E-state index >= 15 is 0 Å². The molecule has 3 rings (SSSR count). The first-order valence-corrected chi connectivity index (χ1v) is 4.61. The number of hydrogen-bond acceptors (Lipinski definition) is 3. The van der Waals surface area contributed by atoms with Gasteiger partial charge < -0.3 is 5.32 Å². The van der Waals surface area contributed by atoms with Crippen molar-refractivity contribution in [3.05, 3.63) is 29.7 Å². The van der Waals surface area contributed by atoms with Gasteiger partial charge in [-0.1, -0.05) is 0 Å². The molecule has 0 aliphatic carbocycles. The minimum atomic E-state index is -0.0799. The fraction of sp³-hybridized carbons (Fsp3) is 0.222. The number of aromatic nitrogens is 4. The number of hydrogen-bond donors (Lipinski definition) is 1. The Balaban J connectivity index is 2.23. The van der Waals surface area contributed by atoms with E-state index in [-0.39, 0.29) is 5.91 Å². The summed E-state index contributed by atoms with van der Waals surface area (Å²) in [5, 5.41) is 11.0. The van der Waals surface area contributed by atoms with Gasteiger partial charge in [0.15, 0.2) is 5.82 Å². The number of aryl methyl sites for hydroxylation is 1. The highest BCUT2D eigenvalue weighted by atomic mass is 16.2. The lowest BCUT2D eigenvalue weighted by molar-refractivity contribution is 0.0958. The second kappa shape index (κ2) is 2.69. The van der Waals surface area contributed by atoms with Crippen molar-refractivity contribution < 1.29 is 4.79 Å². The molecule has 1 aliphatic heterocycles. The van der Waals surface area contributed by atoms with Gasteiger partial charge in [-0.15, -0.1) is 0 Å². The molecule has 0 atom stereocenters. The van der Waals surface area contributed by atoms with Crippen molar-refractivity contribution in [3.63, 3.8) is 0 Å². The van der Waals surface area contributed by atoms with Crippen molar-refractivity contribution in [1.29, 1.82) is 0 Å². The summed E-state index contributed by atoms with van der Waals surface area (Å²) in [6.45, 7) is 0.562. The summed E-state index contributed by atoms with van der Waals surface area (Å²) in [7, 11) is 1.82. The van der Waals surface area contributed by atoms with Crippen molar-refractivity contribution in [3.8, 4) is 5.82 Å². The minimum absolute atomic E-state index is 0.0799. The molecule has 6 nitrogen and oxygen atoms in total. The van der Waals surface area contributed by atoms with Gasteiger partial charge in [-0.2, -0.15) is 10.2 Å². The summed E-state index contributed by atoms with van der Waals surface area (Å²) in [5.74, 6) is 0.706. The van der Waals surface area contributed by atoms with E-state index in [0.29, 0.717) is 12.2 Å². The van der Waals surface area contributed by atoms with Gasteiger partial charge in [0, 0.05) is 25.2 Å². The van der Waals surface area contributed by atoms with Gasteiger partial charge in [0.2, 0.25) is 0 Å². The number of fused-ring (bicyclic) bond motifs is 1. The van der Waals surface area contributed by atoms with Crippen LogP contribution in [-0.4, -0.2) is 25.5 Å². The number of nitrogens with one attached hydrogen (secondary N) is 1. The Hall–Kier alpha value is -2.11. The Kier molecular flexibility index (Phi) is 1.47. The van der Waals surface area contributed by atoms with Gasteiger partial charge in [0.05, 0.1) is 12.4 Å². The predicted molar refractivity (Wildman–Crippen MR) is 51.5 cm³/mol. The first-order chi connectivity index (χ1) is 7.27. The number of amides is 1. The van der Waals surface area contributed by atoms with Crippen LogP contribution in [0, 0.1) is 0 Å². The van der Waals surface area contributed by atoms with Crippen LogP contribution < -0.4 is 5.32 Å². The summed E-state index contributed by atoms with van der Waals surface area (Å²) < 4.78 is 3.30. The number of carbonyl (C=O) groups is 1. The van der Waals surface area contributed by atoms with Crippen molar-refractivity contribution in [2.45, 2.75) is 6.54 Å². The molecule has 0 bridgehead atoms. The van der Waals surface area contributed by atoms with E-state index in [0.717, 1.165) is 11.4 Å². The van der Waals surface area contributed by atoms with E-state index < -0.39 is 0 Å². The van der Waals surface area contributed by atoms with E-state index in [4.69, 9.17) is 0 Å². The normalized spacial score (nSPS) is 14.1. The average Bonchev–Trinajstić information content (AvgIpc) is 2.85. The highest BCUT2D eigenvalue weighted by molar-refractivity contribution is 5.97. The lowest BCUT2D eigenvalue weighted by atomic mass is 10.3. The molecule has 0 saturated carbocycles. The fourth-order valence-electron chi connectivity index (χ4n) is 1.76. The molecule has 2 aromatic rings. The maximum absolute atomic E-state index is 11.6. The third-order valence-corrected chi connectivity index (χ3v) is 2.51. The third-order valence-electron chi connectivity index (χ3n) is 2.51. The number of carbonyl (C=O) groups excluding carboxylic acids is 1. The zero-order chi connectivity index (χ0) is 10.4. The Labute approximate surface area is 85.5 Å². The summed E-state index contributed by atoms with van der Waals surface area (Å²) in [5.41, 5.74) is 1.54. The molecule has 6 heteroatoms.